The lowest BCUT2D eigenvalue weighted by Gasteiger charge is -2.10. The van der Waals surface area contributed by atoms with Crippen molar-refractivity contribution >= 4 is 11.6 Å². The number of halogens is 1. The van der Waals surface area contributed by atoms with E-state index in [-0.39, 0.29) is 6.29 Å². The van der Waals surface area contributed by atoms with Crippen LogP contribution >= 0.6 is 11.6 Å². The summed E-state index contributed by atoms with van der Waals surface area (Å²) in [4.78, 5) is 0. The van der Waals surface area contributed by atoms with Crippen molar-refractivity contribution in [2.24, 2.45) is 0 Å². The number of ether oxygens (including phenoxy) is 3. The van der Waals surface area contributed by atoms with Crippen LogP contribution in [0.15, 0.2) is 18.2 Å². The predicted octanol–water partition coefficient (Wildman–Crippen LogP) is 2.39. The van der Waals surface area contributed by atoms with Crippen molar-refractivity contribution in [2.45, 2.75) is 6.29 Å². The Hall–Kier alpha value is -0.770. The molecule has 1 aliphatic rings. The van der Waals surface area contributed by atoms with Crippen molar-refractivity contribution in [1.29, 1.82) is 0 Å². The lowest BCUT2D eigenvalue weighted by Crippen LogP contribution is -1.98. The van der Waals surface area contributed by atoms with Crippen LogP contribution in [0.25, 0.3) is 0 Å². The minimum Gasteiger partial charge on any atom is -0.495 e. The van der Waals surface area contributed by atoms with Crippen molar-refractivity contribution in [3.05, 3.63) is 28.8 Å². The fourth-order valence-corrected chi connectivity index (χ4v) is 1.65. The van der Waals surface area contributed by atoms with Crippen molar-refractivity contribution in [3.63, 3.8) is 0 Å². The summed E-state index contributed by atoms with van der Waals surface area (Å²) in [6.07, 6.45) is -0.279. The maximum absolute atomic E-state index is 5.97. The molecule has 1 aromatic rings. The molecule has 1 aromatic carbocycles. The van der Waals surface area contributed by atoms with E-state index in [9.17, 15) is 0 Å². The van der Waals surface area contributed by atoms with Gasteiger partial charge >= 0.3 is 0 Å². The zero-order valence-electron chi connectivity index (χ0n) is 7.83. The Morgan fingerprint density at radius 2 is 2.07 bits per heavy atom. The smallest absolute Gasteiger partial charge is 0.184 e. The molecular weight excluding hydrogens is 204 g/mol. The van der Waals surface area contributed by atoms with Crippen molar-refractivity contribution in [3.8, 4) is 5.75 Å². The SMILES string of the molecule is COc1ccc(C2OCCO2)cc1Cl. The molecule has 14 heavy (non-hydrogen) atoms. The first-order valence-electron chi connectivity index (χ1n) is 4.38. The van der Waals surface area contributed by atoms with Gasteiger partial charge in [-0.1, -0.05) is 17.7 Å². The molecule has 2 rings (SSSR count). The predicted molar refractivity (Wildman–Crippen MR) is 52.6 cm³/mol. The van der Waals surface area contributed by atoms with Gasteiger partial charge in [0.15, 0.2) is 6.29 Å². The molecule has 0 atom stereocenters. The summed E-state index contributed by atoms with van der Waals surface area (Å²) < 4.78 is 15.7. The van der Waals surface area contributed by atoms with Crippen molar-refractivity contribution < 1.29 is 14.2 Å². The average Bonchev–Trinajstić information content (AvgIpc) is 2.70. The number of hydrogen-bond acceptors (Lipinski definition) is 3. The molecule has 0 bridgehead atoms. The Morgan fingerprint density at radius 1 is 1.36 bits per heavy atom. The zero-order valence-corrected chi connectivity index (χ0v) is 8.58. The highest BCUT2D eigenvalue weighted by Crippen LogP contribution is 2.30. The van der Waals surface area contributed by atoms with Crippen LogP contribution in [0.2, 0.25) is 5.02 Å². The van der Waals surface area contributed by atoms with Gasteiger partial charge in [-0.15, -0.1) is 0 Å². The van der Waals surface area contributed by atoms with Crippen LogP contribution in [0.1, 0.15) is 11.9 Å². The summed E-state index contributed by atoms with van der Waals surface area (Å²) in [6.45, 7) is 1.27. The summed E-state index contributed by atoms with van der Waals surface area (Å²) in [5, 5.41) is 0.573. The first kappa shape index (κ1) is 9.77. The van der Waals surface area contributed by atoms with E-state index in [1.54, 1.807) is 13.2 Å². The van der Waals surface area contributed by atoms with Gasteiger partial charge in [0.05, 0.1) is 25.3 Å². The number of rotatable bonds is 2. The first-order valence-corrected chi connectivity index (χ1v) is 4.75. The van der Waals surface area contributed by atoms with Gasteiger partial charge in [0.1, 0.15) is 5.75 Å². The normalized spacial score (nSPS) is 17.3. The quantitative estimate of drug-likeness (QED) is 0.757. The van der Waals surface area contributed by atoms with Gasteiger partial charge in [-0.3, -0.25) is 0 Å². The van der Waals surface area contributed by atoms with Gasteiger partial charge in [0, 0.05) is 5.56 Å². The molecule has 0 saturated carbocycles. The largest absolute Gasteiger partial charge is 0.495 e. The fourth-order valence-electron chi connectivity index (χ4n) is 1.38. The Morgan fingerprint density at radius 3 is 2.64 bits per heavy atom. The molecule has 0 N–H and O–H groups in total. The molecule has 1 heterocycles. The monoisotopic (exact) mass is 214 g/mol. The van der Waals surface area contributed by atoms with Crippen LogP contribution in [0.3, 0.4) is 0 Å². The van der Waals surface area contributed by atoms with E-state index in [0.29, 0.717) is 24.0 Å². The third-order valence-corrected chi connectivity index (χ3v) is 2.37. The second-order valence-corrected chi connectivity index (χ2v) is 3.37. The van der Waals surface area contributed by atoms with Gasteiger partial charge in [-0.25, -0.2) is 0 Å². The number of methoxy groups -OCH3 is 1. The van der Waals surface area contributed by atoms with Crippen LogP contribution in [0.5, 0.6) is 5.75 Å². The van der Waals surface area contributed by atoms with Gasteiger partial charge in [-0.05, 0) is 12.1 Å². The van der Waals surface area contributed by atoms with Crippen LogP contribution in [0.4, 0.5) is 0 Å². The lowest BCUT2D eigenvalue weighted by molar-refractivity contribution is -0.0441. The molecule has 0 unspecified atom stereocenters. The van der Waals surface area contributed by atoms with Crippen LogP contribution in [0, 0.1) is 0 Å². The van der Waals surface area contributed by atoms with E-state index in [0.717, 1.165) is 5.56 Å². The summed E-state index contributed by atoms with van der Waals surface area (Å²) in [6, 6.07) is 5.50. The van der Waals surface area contributed by atoms with Crippen molar-refractivity contribution in [2.75, 3.05) is 20.3 Å². The Kier molecular flexibility index (Phi) is 2.91. The maximum Gasteiger partial charge on any atom is 0.184 e. The second-order valence-electron chi connectivity index (χ2n) is 2.97. The summed E-state index contributed by atoms with van der Waals surface area (Å²) in [7, 11) is 1.59. The Labute approximate surface area is 87.5 Å². The van der Waals surface area contributed by atoms with Crippen LogP contribution < -0.4 is 4.74 Å². The van der Waals surface area contributed by atoms with E-state index < -0.39 is 0 Å². The van der Waals surface area contributed by atoms with E-state index in [1.165, 1.54) is 0 Å². The molecule has 0 aliphatic carbocycles. The molecule has 0 aromatic heterocycles. The molecule has 1 aliphatic heterocycles. The third-order valence-electron chi connectivity index (χ3n) is 2.07. The summed E-state index contributed by atoms with van der Waals surface area (Å²) in [5.74, 6) is 0.661. The highest BCUT2D eigenvalue weighted by molar-refractivity contribution is 6.32. The van der Waals surface area contributed by atoms with E-state index in [1.807, 2.05) is 12.1 Å². The standard InChI is InChI=1S/C10H11ClO3/c1-12-9-3-2-7(6-8(9)11)10-13-4-5-14-10/h2-3,6,10H,4-5H2,1H3. The molecule has 0 spiro atoms. The van der Waals surface area contributed by atoms with Crippen molar-refractivity contribution in [1.82, 2.24) is 0 Å². The van der Waals surface area contributed by atoms with E-state index in [4.69, 9.17) is 25.8 Å². The fraction of sp³-hybridized carbons (Fsp3) is 0.400. The molecule has 0 amide bonds. The van der Waals surface area contributed by atoms with Gasteiger partial charge in [-0.2, -0.15) is 0 Å². The molecule has 1 fully saturated rings. The Bertz CT molecular complexity index is 321. The molecule has 4 heteroatoms. The highest BCUT2D eigenvalue weighted by atomic mass is 35.5. The molecule has 1 saturated heterocycles. The molecule has 3 nitrogen and oxygen atoms in total. The average molecular weight is 215 g/mol. The molecule has 0 radical (unpaired) electrons. The highest BCUT2D eigenvalue weighted by Gasteiger charge is 2.18. The number of hydrogen-bond donors (Lipinski definition) is 0. The topological polar surface area (TPSA) is 27.7 Å². The van der Waals surface area contributed by atoms with Crippen LogP contribution in [-0.2, 0) is 9.47 Å². The second kappa shape index (κ2) is 4.17. The first-order chi connectivity index (χ1) is 6.81. The van der Waals surface area contributed by atoms with Crippen LogP contribution in [-0.4, -0.2) is 20.3 Å². The van der Waals surface area contributed by atoms with E-state index >= 15 is 0 Å². The zero-order chi connectivity index (χ0) is 9.97. The third kappa shape index (κ3) is 1.85. The van der Waals surface area contributed by atoms with Gasteiger partial charge in [0.2, 0.25) is 0 Å². The summed E-state index contributed by atoms with van der Waals surface area (Å²) in [5.41, 5.74) is 0.924. The molecule has 76 valence electrons. The lowest BCUT2D eigenvalue weighted by atomic mass is 10.2. The summed E-state index contributed by atoms with van der Waals surface area (Å²) >= 11 is 5.97. The van der Waals surface area contributed by atoms with E-state index in [2.05, 4.69) is 0 Å². The maximum atomic E-state index is 5.97. The minimum absolute atomic E-state index is 0.279. The van der Waals surface area contributed by atoms with Gasteiger partial charge in [0.25, 0.3) is 0 Å². The minimum atomic E-state index is -0.279. The molecular formula is C10H11ClO3. The number of benzene rings is 1. The Balaban J connectivity index is 2.23. The van der Waals surface area contributed by atoms with Gasteiger partial charge < -0.3 is 14.2 Å².